The number of methoxy groups -OCH3 is 1. The summed E-state index contributed by atoms with van der Waals surface area (Å²) in [6, 6.07) is 4.29. The van der Waals surface area contributed by atoms with Crippen molar-refractivity contribution in [2.45, 2.75) is 6.18 Å². The summed E-state index contributed by atoms with van der Waals surface area (Å²) >= 11 is 0. The molecule has 0 atom stereocenters. The molecule has 0 heterocycles. The second-order valence-electron chi connectivity index (χ2n) is 3.98. The van der Waals surface area contributed by atoms with Crippen molar-refractivity contribution in [2.24, 2.45) is 0 Å². The quantitative estimate of drug-likeness (QED) is 0.660. The molecule has 21 heavy (non-hydrogen) atoms. The molecule has 0 aliphatic heterocycles. The summed E-state index contributed by atoms with van der Waals surface area (Å²) in [5.74, 6) is 5.14. The van der Waals surface area contributed by atoms with E-state index in [4.69, 9.17) is 4.74 Å². The highest BCUT2D eigenvalue weighted by Crippen LogP contribution is 2.29. The molecular weight excluding hydrogens is 285 g/mol. The van der Waals surface area contributed by atoms with Crippen molar-refractivity contribution in [3.8, 4) is 11.8 Å². The number of ether oxygens (including phenoxy) is 1. The summed E-state index contributed by atoms with van der Waals surface area (Å²) in [5.41, 5.74) is -0.508. The van der Waals surface area contributed by atoms with Crippen LogP contribution in [0.15, 0.2) is 24.3 Å². The Bertz CT molecular complexity index is 533. The first-order chi connectivity index (χ1) is 9.93. The number of benzene rings is 1. The van der Waals surface area contributed by atoms with Crippen LogP contribution in [-0.2, 0) is 10.9 Å². The Morgan fingerprint density at radius 1 is 1.33 bits per heavy atom. The fraction of sp³-hybridized carbons (Fsp3) is 0.357. The fourth-order valence-corrected chi connectivity index (χ4v) is 1.37. The van der Waals surface area contributed by atoms with E-state index >= 15 is 0 Å². The number of halogens is 3. The van der Waals surface area contributed by atoms with Crippen LogP contribution in [0.1, 0.15) is 11.1 Å². The number of carbonyl (C=O) groups excluding carboxylic acids is 1. The van der Waals surface area contributed by atoms with E-state index in [1.165, 1.54) is 19.2 Å². The summed E-state index contributed by atoms with van der Waals surface area (Å²) in [4.78, 5) is 11.2. The molecule has 114 valence electrons. The zero-order chi connectivity index (χ0) is 15.7. The van der Waals surface area contributed by atoms with Gasteiger partial charge in [0.25, 0.3) is 0 Å². The highest BCUT2D eigenvalue weighted by molar-refractivity contribution is 5.74. The molecular formula is C14H15F3N2O2. The molecule has 0 aliphatic rings. The van der Waals surface area contributed by atoms with E-state index in [-0.39, 0.29) is 12.1 Å². The van der Waals surface area contributed by atoms with Crippen molar-refractivity contribution < 1.29 is 22.7 Å². The lowest BCUT2D eigenvalue weighted by molar-refractivity contribution is -0.137. The Morgan fingerprint density at radius 3 is 2.76 bits per heavy atom. The number of amides is 2. The van der Waals surface area contributed by atoms with Crippen LogP contribution in [0.2, 0.25) is 0 Å². The van der Waals surface area contributed by atoms with Gasteiger partial charge in [-0.15, -0.1) is 0 Å². The Hall–Kier alpha value is -2.20. The minimum Gasteiger partial charge on any atom is -0.383 e. The number of rotatable bonds is 4. The average Bonchev–Trinajstić information content (AvgIpc) is 2.43. The number of alkyl halides is 3. The van der Waals surface area contributed by atoms with Gasteiger partial charge in [-0.05, 0) is 18.2 Å². The summed E-state index contributed by atoms with van der Waals surface area (Å²) in [6.07, 6.45) is -4.39. The maximum atomic E-state index is 12.5. The van der Waals surface area contributed by atoms with Crippen molar-refractivity contribution in [1.82, 2.24) is 10.6 Å². The van der Waals surface area contributed by atoms with Gasteiger partial charge in [0.1, 0.15) is 0 Å². The molecule has 1 rings (SSSR count). The molecule has 0 unspecified atom stereocenters. The zero-order valence-electron chi connectivity index (χ0n) is 11.4. The van der Waals surface area contributed by atoms with Crippen molar-refractivity contribution in [3.63, 3.8) is 0 Å². The van der Waals surface area contributed by atoms with Crippen LogP contribution in [0.5, 0.6) is 0 Å². The monoisotopic (exact) mass is 300 g/mol. The first kappa shape index (κ1) is 16.9. The summed E-state index contributed by atoms with van der Waals surface area (Å²) in [6.45, 7) is 0.793. The van der Waals surface area contributed by atoms with E-state index in [0.717, 1.165) is 12.1 Å². The third-order valence-electron chi connectivity index (χ3n) is 2.35. The highest BCUT2D eigenvalue weighted by Gasteiger charge is 2.30. The van der Waals surface area contributed by atoms with E-state index in [1.807, 2.05) is 0 Å². The maximum absolute atomic E-state index is 12.5. The topological polar surface area (TPSA) is 50.4 Å². The molecule has 0 aromatic heterocycles. The van der Waals surface area contributed by atoms with Crippen molar-refractivity contribution in [1.29, 1.82) is 0 Å². The summed E-state index contributed by atoms with van der Waals surface area (Å²) in [5, 5.41) is 4.97. The van der Waals surface area contributed by atoms with Gasteiger partial charge in [-0.25, -0.2) is 4.79 Å². The second-order valence-corrected chi connectivity index (χ2v) is 3.98. The van der Waals surface area contributed by atoms with Crippen LogP contribution >= 0.6 is 0 Å². The first-order valence-electron chi connectivity index (χ1n) is 6.10. The maximum Gasteiger partial charge on any atom is 0.416 e. The smallest absolute Gasteiger partial charge is 0.383 e. The fourth-order valence-electron chi connectivity index (χ4n) is 1.37. The van der Waals surface area contributed by atoms with Crippen LogP contribution < -0.4 is 10.6 Å². The molecule has 0 spiro atoms. The molecule has 0 bridgehead atoms. The molecule has 0 fully saturated rings. The lowest BCUT2D eigenvalue weighted by atomic mass is 10.1. The lowest BCUT2D eigenvalue weighted by Gasteiger charge is -2.06. The third-order valence-corrected chi connectivity index (χ3v) is 2.35. The number of nitrogens with one attached hydrogen (secondary N) is 2. The van der Waals surface area contributed by atoms with Gasteiger partial charge < -0.3 is 15.4 Å². The predicted molar refractivity (Wildman–Crippen MR) is 71.6 cm³/mol. The minimum atomic E-state index is -4.39. The van der Waals surface area contributed by atoms with E-state index in [1.54, 1.807) is 0 Å². The number of urea groups is 1. The Labute approximate surface area is 120 Å². The first-order valence-corrected chi connectivity index (χ1v) is 6.10. The molecule has 2 amide bonds. The Kier molecular flexibility index (Phi) is 6.56. The van der Waals surface area contributed by atoms with Crippen LogP contribution in [0.3, 0.4) is 0 Å². The van der Waals surface area contributed by atoms with Crippen molar-refractivity contribution in [2.75, 3.05) is 26.8 Å². The van der Waals surface area contributed by atoms with E-state index in [2.05, 4.69) is 22.5 Å². The van der Waals surface area contributed by atoms with Gasteiger partial charge in [-0.3, -0.25) is 0 Å². The molecule has 2 N–H and O–H groups in total. The number of hydrogen-bond donors (Lipinski definition) is 2. The normalized spacial score (nSPS) is 10.5. The molecule has 1 aromatic rings. The summed E-state index contributed by atoms with van der Waals surface area (Å²) < 4.78 is 42.2. The van der Waals surface area contributed by atoms with Gasteiger partial charge in [-0.2, -0.15) is 13.2 Å². The van der Waals surface area contributed by atoms with E-state index < -0.39 is 17.8 Å². The molecule has 0 aliphatic carbocycles. The standard InChI is InChI=1S/C14H15F3N2O2/c1-21-9-8-19-13(20)18-7-3-5-11-4-2-6-12(10-11)14(15,16)17/h2,4,6,10H,7-9H2,1H3,(H2,18,19,20). The largest absolute Gasteiger partial charge is 0.416 e. The highest BCUT2D eigenvalue weighted by atomic mass is 19.4. The van der Waals surface area contributed by atoms with Crippen LogP contribution in [0, 0.1) is 11.8 Å². The van der Waals surface area contributed by atoms with Gasteiger partial charge in [-0.1, -0.05) is 17.9 Å². The molecule has 4 nitrogen and oxygen atoms in total. The number of carbonyl (C=O) groups is 1. The van der Waals surface area contributed by atoms with Gasteiger partial charge in [0, 0.05) is 19.2 Å². The van der Waals surface area contributed by atoms with Gasteiger partial charge >= 0.3 is 12.2 Å². The molecule has 0 radical (unpaired) electrons. The minimum absolute atomic E-state index is 0.0368. The second kappa shape index (κ2) is 8.17. The molecule has 7 heteroatoms. The van der Waals surface area contributed by atoms with Crippen LogP contribution in [0.25, 0.3) is 0 Å². The van der Waals surface area contributed by atoms with E-state index in [0.29, 0.717) is 13.2 Å². The van der Waals surface area contributed by atoms with Crippen LogP contribution in [0.4, 0.5) is 18.0 Å². The predicted octanol–water partition coefficient (Wildman–Crippen LogP) is 2.00. The third kappa shape index (κ3) is 6.68. The summed E-state index contributed by atoms with van der Waals surface area (Å²) in [7, 11) is 1.51. The number of hydrogen-bond acceptors (Lipinski definition) is 2. The molecule has 0 saturated carbocycles. The van der Waals surface area contributed by atoms with E-state index in [9.17, 15) is 18.0 Å². The zero-order valence-corrected chi connectivity index (χ0v) is 11.4. The van der Waals surface area contributed by atoms with Crippen LogP contribution in [-0.4, -0.2) is 32.8 Å². The average molecular weight is 300 g/mol. The molecule has 1 aromatic carbocycles. The van der Waals surface area contributed by atoms with Gasteiger partial charge in [0.05, 0.1) is 18.7 Å². The molecule has 0 saturated heterocycles. The van der Waals surface area contributed by atoms with Crippen molar-refractivity contribution >= 4 is 6.03 Å². The Balaban J connectivity index is 2.47. The lowest BCUT2D eigenvalue weighted by Crippen LogP contribution is -2.37. The van der Waals surface area contributed by atoms with Gasteiger partial charge in [0.15, 0.2) is 0 Å². The van der Waals surface area contributed by atoms with Crippen molar-refractivity contribution in [3.05, 3.63) is 35.4 Å². The Morgan fingerprint density at radius 2 is 2.10 bits per heavy atom. The SMILES string of the molecule is COCCNC(=O)NCC#Cc1cccc(C(F)(F)F)c1. The van der Waals surface area contributed by atoms with Gasteiger partial charge in [0.2, 0.25) is 0 Å².